The molecule has 0 saturated carbocycles. The summed E-state index contributed by atoms with van der Waals surface area (Å²) in [6, 6.07) is 13.1. The number of hydrogen-bond donors (Lipinski definition) is 5. The number of benzene rings is 2. The van der Waals surface area contributed by atoms with Crippen molar-refractivity contribution in [3.8, 4) is 17.2 Å². The van der Waals surface area contributed by atoms with Crippen molar-refractivity contribution in [2.75, 3.05) is 0 Å². The summed E-state index contributed by atoms with van der Waals surface area (Å²) in [5, 5.41) is 18.2. The van der Waals surface area contributed by atoms with Gasteiger partial charge in [-0.3, -0.25) is 13.9 Å². The highest BCUT2D eigenvalue weighted by atomic mass is 127. The number of phenols is 1. The first-order valence-electron chi connectivity index (χ1n) is 6.93. The Bertz CT molecular complexity index is 801. The van der Waals surface area contributed by atoms with Crippen LogP contribution in [-0.2, 0) is 21.6 Å². The third kappa shape index (κ3) is 9.53. The van der Waals surface area contributed by atoms with Crippen molar-refractivity contribution in [3.63, 3.8) is 0 Å². The molecule has 0 aliphatic heterocycles. The van der Waals surface area contributed by atoms with Gasteiger partial charge < -0.3 is 14.9 Å². The van der Waals surface area contributed by atoms with Gasteiger partial charge in [0.2, 0.25) is 0 Å². The summed E-state index contributed by atoms with van der Waals surface area (Å²) >= 11 is 1.84. The molecule has 9 nitrogen and oxygen atoms in total. The molecule has 0 spiro atoms. The second-order valence-electron chi connectivity index (χ2n) is 4.89. The average Bonchev–Trinajstić information content (AvgIpc) is 2.54. The lowest BCUT2D eigenvalue weighted by atomic mass is 10.1. The van der Waals surface area contributed by atoms with Crippen LogP contribution in [0.1, 0.15) is 5.56 Å². The Morgan fingerprint density at radius 3 is 1.85 bits per heavy atom. The molecular formula is C15H16INO8S. The van der Waals surface area contributed by atoms with Gasteiger partial charge in [0.15, 0.2) is 0 Å². The van der Waals surface area contributed by atoms with E-state index in [0.717, 1.165) is 5.56 Å². The van der Waals surface area contributed by atoms with Crippen molar-refractivity contribution in [2.45, 2.75) is 12.5 Å². The Balaban J connectivity index is 0.000000597. The van der Waals surface area contributed by atoms with Crippen molar-refractivity contribution in [1.82, 2.24) is 3.53 Å². The van der Waals surface area contributed by atoms with E-state index in [-0.39, 0.29) is 5.75 Å². The molecule has 5 N–H and O–H groups in total. The monoisotopic (exact) mass is 497 g/mol. The number of aromatic hydroxyl groups is 1. The highest BCUT2D eigenvalue weighted by molar-refractivity contribution is 14.1. The molecule has 2 aromatic carbocycles. The van der Waals surface area contributed by atoms with E-state index in [1.165, 1.54) is 0 Å². The van der Waals surface area contributed by atoms with Gasteiger partial charge in [0, 0.05) is 22.9 Å². The van der Waals surface area contributed by atoms with Crippen LogP contribution in [0.25, 0.3) is 0 Å². The van der Waals surface area contributed by atoms with Gasteiger partial charge in [0.25, 0.3) is 0 Å². The molecule has 1 atom stereocenters. The lowest BCUT2D eigenvalue weighted by Gasteiger charge is -2.11. The van der Waals surface area contributed by atoms with E-state index >= 15 is 0 Å². The van der Waals surface area contributed by atoms with E-state index in [1.807, 2.05) is 35.0 Å². The fraction of sp³-hybridized carbons (Fsp3) is 0.133. The van der Waals surface area contributed by atoms with E-state index in [4.69, 9.17) is 27.4 Å². The second kappa shape index (κ2) is 10.3. The fourth-order valence-electron chi connectivity index (χ4n) is 1.75. The normalized spacial score (nSPS) is 11.8. The fourth-order valence-corrected chi connectivity index (χ4v) is 2.24. The Morgan fingerprint density at radius 1 is 1.04 bits per heavy atom. The van der Waals surface area contributed by atoms with Crippen LogP contribution >= 0.6 is 22.9 Å². The summed E-state index contributed by atoms with van der Waals surface area (Å²) in [6.45, 7) is 0. The number of carbonyl (C=O) groups is 1. The van der Waals surface area contributed by atoms with Gasteiger partial charge in [0.05, 0.1) is 0 Å². The zero-order valence-electron chi connectivity index (χ0n) is 13.1. The maximum Gasteiger partial charge on any atom is 0.394 e. The topological polar surface area (TPSA) is 153 Å². The number of ether oxygens (including phenoxy) is 1. The second-order valence-corrected chi connectivity index (χ2v) is 6.41. The van der Waals surface area contributed by atoms with Crippen LogP contribution in [0.2, 0.25) is 0 Å². The SMILES string of the molecule is O=C(O)[C@H](Cc1ccc(Oc2ccc(O)cc2)cc1)NI.O=S(=O)(O)O. The summed E-state index contributed by atoms with van der Waals surface area (Å²) in [6.07, 6.45) is 0.401. The lowest BCUT2D eigenvalue weighted by molar-refractivity contribution is -0.138. The van der Waals surface area contributed by atoms with E-state index in [0.29, 0.717) is 17.9 Å². The van der Waals surface area contributed by atoms with Gasteiger partial charge in [-0.05, 0) is 48.4 Å². The summed E-state index contributed by atoms with van der Waals surface area (Å²) in [7, 11) is -4.67. The number of carboxylic acid groups (broad SMARTS) is 1. The van der Waals surface area contributed by atoms with E-state index in [1.54, 1.807) is 36.4 Å². The van der Waals surface area contributed by atoms with Gasteiger partial charge in [-0.2, -0.15) is 8.42 Å². The van der Waals surface area contributed by atoms with Gasteiger partial charge in [-0.1, -0.05) is 12.1 Å². The van der Waals surface area contributed by atoms with Gasteiger partial charge >= 0.3 is 16.4 Å². The third-order valence-corrected chi connectivity index (χ3v) is 3.62. The van der Waals surface area contributed by atoms with Crippen molar-refractivity contribution in [2.24, 2.45) is 0 Å². The molecule has 0 radical (unpaired) electrons. The quantitative estimate of drug-likeness (QED) is 0.230. The summed E-state index contributed by atoms with van der Waals surface area (Å²) < 4.78 is 39.9. The molecule has 0 saturated heterocycles. The smallest absolute Gasteiger partial charge is 0.394 e. The zero-order valence-corrected chi connectivity index (χ0v) is 16.1. The number of phenolic OH excluding ortho intramolecular Hbond substituents is 1. The molecule has 2 aromatic rings. The average molecular weight is 497 g/mol. The first kappa shape index (κ1) is 22.1. The van der Waals surface area contributed by atoms with Crippen LogP contribution in [0.3, 0.4) is 0 Å². The van der Waals surface area contributed by atoms with Gasteiger partial charge in [-0.15, -0.1) is 0 Å². The molecule has 0 heterocycles. The molecule has 2 rings (SSSR count). The predicted octanol–water partition coefficient (Wildman–Crippen LogP) is 2.47. The van der Waals surface area contributed by atoms with E-state index in [2.05, 4.69) is 3.53 Å². The number of carboxylic acids is 1. The van der Waals surface area contributed by atoms with E-state index < -0.39 is 22.4 Å². The third-order valence-electron chi connectivity index (χ3n) is 2.87. The van der Waals surface area contributed by atoms with Crippen molar-refractivity contribution in [1.29, 1.82) is 0 Å². The van der Waals surface area contributed by atoms with Crippen molar-refractivity contribution >= 4 is 39.2 Å². The number of nitrogens with one attached hydrogen (secondary N) is 1. The number of rotatable bonds is 6. The molecule has 26 heavy (non-hydrogen) atoms. The molecule has 142 valence electrons. The maximum atomic E-state index is 11.0. The highest BCUT2D eigenvalue weighted by Gasteiger charge is 2.15. The molecule has 0 fully saturated rings. The molecular weight excluding hydrogens is 481 g/mol. The number of hydrogen-bond acceptors (Lipinski definition) is 6. The summed E-state index contributed by atoms with van der Waals surface area (Å²) in [5.41, 5.74) is 0.907. The highest BCUT2D eigenvalue weighted by Crippen LogP contribution is 2.23. The van der Waals surface area contributed by atoms with Crippen LogP contribution in [0, 0.1) is 0 Å². The van der Waals surface area contributed by atoms with Crippen LogP contribution in [0.15, 0.2) is 48.5 Å². The van der Waals surface area contributed by atoms with Gasteiger partial charge in [0.1, 0.15) is 23.3 Å². The molecule has 11 heteroatoms. The maximum absolute atomic E-state index is 11.0. The summed E-state index contributed by atoms with van der Waals surface area (Å²) in [5.74, 6) is 0.578. The van der Waals surface area contributed by atoms with Gasteiger partial charge in [-0.25, -0.2) is 3.53 Å². The molecule has 0 aliphatic carbocycles. The first-order valence-corrected chi connectivity index (χ1v) is 9.40. The number of aliphatic carboxylic acids is 1. The minimum Gasteiger partial charge on any atom is -0.508 e. The lowest BCUT2D eigenvalue weighted by Crippen LogP contribution is -2.32. The molecule has 0 bridgehead atoms. The van der Waals surface area contributed by atoms with Crippen LogP contribution in [0.4, 0.5) is 0 Å². The van der Waals surface area contributed by atoms with Crippen molar-refractivity contribution < 1.29 is 37.3 Å². The molecule has 0 aromatic heterocycles. The Hall–Kier alpha value is -1.93. The first-order chi connectivity index (χ1) is 12.1. The Morgan fingerprint density at radius 2 is 1.46 bits per heavy atom. The molecule has 0 aliphatic rings. The molecule has 0 amide bonds. The standard InChI is InChI=1S/C15H14INO4.H2O4S/c16-17-14(15(19)20)9-10-1-5-12(6-2-10)21-13-7-3-11(18)4-8-13;1-5(2,3)4/h1-8,14,17-18H,9H2,(H,19,20);(H2,1,2,3,4)/t14-;/m0./s1. The zero-order chi connectivity index (χ0) is 19.7. The minimum absolute atomic E-state index is 0.184. The van der Waals surface area contributed by atoms with Crippen molar-refractivity contribution in [3.05, 3.63) is 54.1 Å². The largest absolute Gasteiger partial charge is 0.508 e. The van der Waals surface area contributed by atoms with E-state index in [9.17, 15) is 9.90 Å². The predicted molar refractivity (Wildman–Crippen MR) is 101 cm³/mol. The Labute approximate surface area is 163 Å². The van der Waals surface area contributed by atoms with Crippen LogP contribution in [-0.4, -0.2) is 39.7 Å². The molecule has 0 unspecified atom stereocenters. The summed E-state index contributed by atoms with van der Waals surface area (Å²) in [4.78, 5) is 11.0. The van der Waals surface area contributed by atoms with Crippen LogP contribution < -0.4 is 8.27 Å². The van der Waals surface area contributed by atoms with Crippen LogP contribution in [0.5, 0.6) is 17.2 Å². The Kier molecular flexibility index (Phi) is 8.74. The minimum atomic E-state index is -4.67. The number of halogens is 1.